The second-order valence-electron chi connectivity index (χ2n) is 9.03. The summed E-state index contributed by atoms with van der Waals surface area (Å²) in [6, 6.07) is 12.2. The van der Waals surface area contributed by atoms with Crippen LogP contribution in [0, 0.1) is 23.1 Å². The number of hydrogen-bond donors (Lipinski definition) is 2. The molecule has 2 aromatic carbocycles. The summed E-state index contributed by atoms with van der Waals surface area (Å²) in [6.45, 7) is 0.773. The molecule has 184 valence electrons. The van der Waals surface area contributed by atoms with Crippen molar-refractivity contribution in [3.05, 3.63) is 82.5 Å². The van der Waals surface area contributed by atoms with Crippen LogP contribution < -0.4 is 10.6 Å². The fourth-order valence-electron chi connectivity index (χ4n) is 4.90. The molecule has 0 spiro atoms. The first kappa shape index (κ1) is 22.9. The Bertz CT molecular complexity index is 1630. The third kappa shape index (κ3) is 4.03. The van der Waals surface area contributed by atoms with Gasteiger partial charge in [0.1, 0.15) is 12.1 Å². The number of rotatable bonds is 3. The lowest BCUT2D eigenvalue weighted by Crippen LogP contribution is -2.33. The molecular weight excluding hydrogens is 497 g/mol. The molecule has 0 saturated carbocycles. The van der Waals surface area contributed by atoms with Crippen molar-refractivity contribution < 1.29 is 14.0 Å². The number of carbonyl (C=O) groups excluding carboxylic acids is 2. The van der Waals surface area contributed by atoms with Crippen LogP contribution in [0.5, 0.6) is 0 Å². The Morgan fingerprint density at radius 3 is 2.89 bits per heavy atom. The van der Waals surface area contributed by atoms with E-state index in [9.17, 15) is 19.2 Å². The zero-order chi connectivity index (χ0) is 25.7. The van der Waals surface area contributed by atoms with Gasteiger partial charge in [-0.2, -0.15) is 10.4 Å². The average molecular weight is 516 g/mol. The van der Waals surface area contributed by atoms with E-state index in [1.54, 1.807) is 33.8 Å². The van der Waals surface area contributed by atoms with Gasteiger partial charge in [-0.25, -0.2) is 18.7 Å². The fourth-order valence-corrected chi connectivity index (χ4v) is 5.13. The van der Waals surface area contributed by atoms with Crippen LogP contribution in [0.1, 0.15) is 33.9 Å². The molecule has 2 atom stereocenters. The van der Waals surface area contributed by atoms with E-state index in [1.807, 2.05) is 6.07 Å². The Hall–Kier alpha value is -4.49. The van der Waals surface area contributed by atoms with E-state index < -0.39 is 11.9 Å². The number of urea groups is 1. The van der Waals surface area contributed by atoms with Gasteiger partial charge in [-0.05, 0) is 54.4 Å². The van der Waals surface area contributed by atoms with Gasteiger partial charge >= 0.3 is 6.03 Å². The minimum Gasteiger partial charge on any atom is -0.341 e. The van der Waals surface area contributed by atoms with E-state index >= 15 is 0 Å². The molecule has 11 heteroatoms. The summed E-state index contributed by atoms with van der Waals surface area (Å²) in [5.74, 6) is -1.09. The maximum atomic E-state index is 14.2. The molecule has 37 heavy (non-hydrogen) atoms. The highest BCUT2D eigenvalue weighted by Crippen LogP contribution is 2.42. The number of nitriles is 1. The molecule has 2 aromatic heterocycles. The number of anilines is 1. The first-order valence-corrected chi connectivity index (χ1v) is 12.0. The van der Waals surface area contributed by atoms with Gasteiger partial charge in [-0.1, -0.05) is 11.6 Å². The van der Waals surface area contributed by atoms with Crippen molar-refractivity contribution in [2.24, 2.45) is 5.92 Å². The average Bonchev–Trinajstić information content (AvgIpc) is 3.64. The summed E-state index contributed by atoms with van der Waals surface area (Å²) in [4.78, 5) is 32.1. The Morgan fingerprint density at radius 1 is 1.22 bits per heavy atom. The Morgan fingerprint density at radius 2 is 2.08 bits per heavy atom. The van der Waals surface area contributed by atoms with Crippen molar-refractivity contribution in [3.63, 3.8) is 0 Å². The second kappa shape index (κ2) is 8.87. The topological polar surface area (TPSA) is 115 Å². The third-order valence-corrected chi connectivity index (χ3v) is 7.11. The van der Waals surface area contributed by atoms with Crippen LogP contribution in [0.2, 0.25) is 5.02 Å². The monoisotopic (exact) mass is 515 g/mol. The molecule has 4 heterocycles. The standard InChI is InChI=1S/C26H19ClFN7O2/c27-20-3-2-17(28)9-18(20)24-23-19(25(36)33-24)7-16(15-1-4-22-30-13-31-35(22)12-15)8-21(23)32-26(37)34-6-5-14(10-29)11-34/h1-4,7-9,12-14,24H,5-6,11H2,(H,32,37)(H,33,36)/t14-,24?/m1/s1. The third-order valence-electron chi connectivity index (χ3n) is 6.76. The number of hydrogen-bond acceptors (Lipinski definition) is 5. The van der Waals surface area contributed by atoms with E-state index in [0.717, 1.165) is 5.56 Å². The summed E-state index contributed by atoms with van der Waals surface area (Å²) in [5.41, 5.74) is 3.69. The van der Waals surface area contributed by atoms with Crippen molar-refractivity contribution >= 4 is 34.9 Å². The number of benzene rings is 2. The molecule has 6 rings (SSSR count). The Labute approximate surface area is 215 Å². The lowest BCUT2D eigenvalue weighted by molar-refractivity contribution is 0.0960. The number of amides is 3. The predicted molar refractivity (Wildman–Crippen MR) is 133 cm³/mol. The van der Waals surface area contributed by atoms with Gasteiger partial charge < -0.3 is 15.5 Å². The number of likely N-dealkylation sites (tertiary alicyclic amines) is 1. The van der Waals surface area contributed by atoms with Crippen LogP contribution in [-0.4, -0.2) is 44.5 Å². The normalized spacial score (nSPS) is 18.5. The summed E-state index contributed by atoms with van der Waals surface area (Å²) >= 11 is 6.40. The van der Waals surface area contributed by atoms with Gasteiger partial charge in [0.15, 0.2) is 5.65 Å². The maximum absolute atomic E-state index is 14.2. The van der Waals surface area contributed by atoms with Crippen molar-refractivity contribution in [1.29, 1.82) is 5.26 Å². The second-order valence-corrected chi connectivity index (χ2v) is 9.44. The highest BCUT2D eigenvalue weighted by molar-refractivity contribution is 6.31. The predicted octanol–water partition coefficient (Wildman–Crippen LogP) is 4.40. The lowest BCUT2D eigenvalue weighted by Gasteiger charge is -2.21. The smallest absolute Gasteiger partial charge is 0.321 e. The van der Waals surface area contributed by atoms with E-state index in [0.29, 0.717) is 53.1 Å². The number of nitrogens with zero attached hydrogens (tertiary/aromatic N) is 5. The van der Waals surface area contributed by atoms with Gasteiger partial charge in [0.2, 0.25) is 0 Å². The summed E-state index contributed by atoms with van der Waals surface area (Å²) in [6.07, 6.45) is 3.82. The van der Waals surface area contributed by atoms with E-state index in [1.165, 1.54) is 24.5 Å². The number of halogens is 2. The largest absolute Gasteiger partial charge is 0.341 e. The maximum Gasteiger partial charge on any atom is 0.321 e. The number of pyridine rings is 1. The zero-order valence-corrected chi connectivity index (χ0v) is 20.0. The van der Waals surface area contributed by atoms with Crippen molar-refractivity contribution in [3.8, 4) is 17.2 Å². The van der Waals surface area contributed by atoms with Gasteiger partial charge in [-0.3, -0.25) is 4.79 Å². The molecule has 3 amide bonds. The molecule has 2 N–H and O–H groups in total. The number of nitrogens with one attached hydrogen (secondary N) is 2. The van der Waals surface area contributed by atoms with Gasteiger partial charge in [0, 0.05) is 52.3 Å². The van der Waals surface area contributed by atoms with E-state index in [2.05, 4.69) is 26.8 Å². The molecule has 0 aliphatic carbocycles. The summed E-state index contributed by atoms with van der Waals surface area (Å²) in [7, 11) is 0. The van der Waals surface area contributed by atoms with Gasteiger partial charge in [0.25, 0.3) is 5.91 Å². The first-order chi connectivity index (χ1) is 17.9. The molecule has 0 bridgehead atoms. The fraction of sp³-hybridized carbons (Fsp3) is 0.192. The molecule has 9 nitrogen and oxygen atoms in total. The van der Waals surface area contributed by atoms with Crippen LogP contribution >= 0.6 is 11.6 Å². The van der Waals surface area contributed by atoms with E-state index in [4.69, 9.17) is 11.6 Å². The molecule has 2 aliphatic rings. The van der Waals surface area contributed by atoms with Crippen LogP contribution in [0.15, 0.2) is 55.0 Å². The highest BCUT2D eigenvalue weighted by Gasteiger charge is 2.36. The molecule has 1 fully saturated rings. The van der Waals surface area contributed by atoms with Crippen LogP contribution in [0.3, 0.4) is 0 Å². The van der Waals surface area contributed by atoms with Crippen LogP contribution in [0.25, 0.3) is 16.8 Å². The molecule has 4 aromatic rings. The van der Waals surface area contributed by atoms with Gasteiger partial charge in [-0.15, -0.1) is 0 Å². The SMILES string of the molecule is N#C[C@H]1CCN(C(=O)Nc2cc(-c3ccc4ncnn4c3)cc3c2C(c2cc(F)ccc2Cl)NC3=O)C1. The Balaban J connectivity index is 1.47. The lowest BCUT2D eigenvalue weighted by atomic mass is 9.93. The molecule has 1 unspecified atom stereocenters. The zero-order valence-electron chi connectivity index (χ0n) is 19.3. The molecule has 2 aliphatic heterocycles. The molecular formula is C26H19ClFN7O2. The Kier molecular flexibility index (Phi) is 5.50. The number of fused-ring (bicyclic) bond motifs is 2. The number of carbonyl (C=O) groups is 2. The summed E-state index contributed by atoms with van der Waals surface area (Å²) in [5, 5.41) is 19.5. The van der Waals surface area contributed by atoms with Crippen molar-refractivity contribution in [2.45, 2.75) is 12.5 Å². The van der Waals surface area contributed by atoms with Crippen LogP contribution in [-0.2, 0) is 0 Å². The molecule has 1 saturated heterocycles. The van der Waals surface area contributed by atoms with Gasteiger partial charge in [0.05, 0.1) is 18.0 Å². The minimum atomic E-state index is -0.765. The van der Waals surface area contributed by atoms with Crippen LogP contribution in [0.4, 0.5) is 14.9 Å². The quantitative estimate of drug-likeness (QED) is 0.419. The van der Waals surface area contributed by atoms with Crippen molar-refractivity contribution in [2.75, 3.05) is 18.4 Å². The summed E-state index contributed by atoms with van der Waals surface area (Å²) < 4.78 is 15.8. The number of aromatic nitrogens is 3. The first-order valence-electron chi connectivity index (χ1n) is 11.6. The van der Waals surface area contributed by atoms with Crippen molar-refractivity contribution in [1.82, 2.24) is 24.8 Å². The molecule has 0 radical (unpaired) electrons. The minimum absolute atomic E-state index is 0.223. The van der Waals surface area contributed by atoms with E-state index in [-0.39, 0.29) is 22.9 Å². The highest BCUT2D eigenvalue weighted by atomic mass is 35.5.